The standard InChI is InChI=1S/C20H24N2O5/c1-5-12-7-14-15(9-17(12)25-4)21-19(26-6-2)10-18(14)27-13-8-16(20(23)24)22(3)11-13/h5,7,9-10,13,16H,1,6,8,11H2,2-4H3,(H,23,24)/t13-,16+/m1/s1. The number of carboxylic acids is 1. The van der Waals surface area contributed by atoms with E-state index in [0.717, 1.165) is 10.9 Å². The third-order valence-corrected chi connectivity index (χ3v) is 4.70. The monoisotopic (exact) mass is 372 g/mol. The molecule has 2 heterocycles. The van der Waals surface area contributed by atoms with E-state index in [4.69, 9.17) is 14.2 Å². The highest BCUT2D eigenvalue weighted by Crippen LogP contribution is 2.35. The zero-order valence-electron chi connectivity index (χ0n) is 15.8. The van der Waals surface area contributed by atoms with Gasteiger partial charge in [0.25, 0.3) is 0 Å². The van der Waals surface area contributed by atoms with Crippen LogP contribution < -0.4 is 14.2 Å². The zero-order valence-corrected chi connectivity index (χ0v) is 15.8. The number of methoxy groups -OCH3 is 1. The smallest absolute Gasteiger partial charge is 0.321 e. The summed E-state index contributed by atoms with van der Waals surface area (Å²) in [7, 11) is 3.39. The number of nitrogens with zero attached hydrogens (tertiary/aromatic N) is 2. The molecule has 2 atom stereocenters. The molecule has 0 unspecified atom stereocenters. The van der Waals surface area contributed by atoms with Crippen molar-refractivity contribution in [3.8, 4) is 17.4 Å². The van der Waals surface area contributed by atoms with Crippen LogP contribution in [0.4, 0.5) is 0 Å². The molecule has 3 rings (SSSR count). The molecule has 1 N–H and O–H groups in total. The topological polar surface area (TPSA) is 81.1 Å². The van der Waals surface area contributed by atoms with Crippen molar-refractivity contribution < 1.29 is 24.1 Å². The average Bonchev–Trinajstić information content (AvgIpc) is 3.01. The predicted octanol–water partition coefficient (Wildman–Crippen LogP) is 2.82. The normalized spacial score (nSPS) is 19.8. The molecule has 1 fully saturated rings. The van der Waals surface area contributed by atoms with Crippen LogP contribution in [0.3, 0.4) is 0 Å². The first-order valence-corrected chi connectivity index (χ1v) is 8.84. The number of carboxylic acid groups (broad SMARTS) is 1. The first-order chi connectivity index (χ1) is 13.0. The molecule has 0 amide bonds. The van der Waals surface area contributed by atoms with Crippen molar-refractivity contribution in [2.24, 2.45) is 0 Å². The molecule has 0 spiro atoms. The third-order valence-electron chi connectivity index (χ3n) is 4.70. The lowest BCUT2D eigenvalue weighted by Crippen LogP contribution is -2.32. The largest absolute Gasteiger partial charge is 0.496 e. The molecule has 2 aromatic rings. The first kappa shape index (κ1) is 19.0. The maximum absolute atomic E-state index is 11.4. The van der Waals surface area contributed by atoms with Crippen LogP contribution in [0.1, 0.15) is 18.9 Å². The fourth-order valence-electron chi connectivity index (χ4n) is 3.38. The zero-order chi connectivity index (χ0) is 19.6. The summed E-state index contributed by atoms with van der Waals surface area (Å²) in [6.45, 7) is 6.73. The maximum Gasteiger partial charge on any atom is 0.321 e. The van der Waals surface area contributed by atoms with E-state index in [1.165, 1.54) is 0 Å². The Kier molecular flexibility index (Phi) is 5.51. The summed E-state index contributed by atoms with van der Waals surface area (Å²) in [6, 6.07) is 4.94. The molecule has 144 valence electrons. The van der Waals surface area contributed by atoms with Crippen LogP contribution in [0.5, 0.6) is 17.4 Å². The minimum atomic E-state index is -0.836. The highest BCUT2D eigenvalue weighted by Gasteiger charge is 2.36. The van der Waals surface area contributed by atoms with E-state index in [0.29, 0.717) is 42.5 Å². The highest BCUT2D eigenvalue weighted by atomic mass is 16.5. The Hall–Kier alpha value is -2.80. The number of carbonyl (C=O) groups is 1. The molecule has 1 aliphatic rings. The Morgan fingerprint density at radius 2 is 2.19 bits per heavy atom. The number of likely N-dealkylation sites (tertiary alicyclic amines) is 1. The van der Waals surface area contributed by atoms with E-state index in [-0.39, 0.29) is 6.10 Å². The first-order valence-electron chi connectivity index (χ1n) is 8.84. The van der Waals surface area contributed by atoms with Crippen molar-refractivity contribution >= 4 is 22.9 Å². The van der Waals surface area contributed by atoms with Crippen molar-refractivity contribution in [3.05, 3.63) is 30.3 Å². The van der Waals surface area contributed by atoms with Crippen LogP contribution in [-0.2, 0) is 4.79 Å². The molecular weight excluding hydrogens is 348 g/mol. The van der Waals surface area contributed by atoms with Gasteiger partial charge in [-0.05, 0) is 20.0 Å². The van der Waals surface area contributed by atoms with Gasteiger partial charge < -0.3 is 19.3 Å². The molecule has 0 aliphatic carbocycles. The van der Waals surface area contributed by atoms with E-state index < -0.39 is 12.0 Å². The lowest BCUT2D eigenvalue weighted by atomic mass is 10.1. The molecule has 1 saturated heterocycles. The Morgan fingerprint density at radius 1 is 1.41 bits per heavy atom. The van der Waals surface area contributed by atoms with Gasteiger partial charge in [0.1, 0.15) is 23.6 Å². The molecular formula is C20H24N2O5. The van der Waals surface area contributed by atoms with Gasteiger partial charge in [-0.3, -0.25) is 9.69 Å². The summed E-state index contributed by atoms with van der Waals surface area (Å²) in [5.74, 6) is 0.890. The molecule has 1 aromatic heterocycles. The van der Waals surface area contributed by atoms with Crippen molar-refractivity contribution in [3.63, 3.8) is 0 Å². The summed E-state index contributed by atoms with van der Waals surface area (Å²) in [4.78, 5) is 17.7. The lowest BCUT2D eigenvalue weighted by molar-refractivity contribution is -0.141. The second-order valence-electron chi connectivity index (χ2n) is 6.48. The van der Waals surface area contributed by atoms with Gasteiger partial charge in [-0.2, -0.15) is 0 Å². The molecule has 0 saturated carbocycles. The summed E-state index contributed by atoms with van der Waals surface area (Å²) < 4.78 is 17.2. The van der Waals surface area contributed by atoms with E-state index >= 15 is 0 Å². The fraction of sp³-hybridized carbons (Fsp3) is 0.400. The molecule has 27 heavy (non-hydrogen) atoms. The summed E-state index contributed by atoms with van der Waals surface area (Å²) in [6.07, 6.45) is 1.90. The number of likely N-dealkylation sites (N-methyl/N-ethyl adjacent to an activating group) is 1. The van der Waals surface area contributed by atoms with Crippen LogP contribution in [0.2, 0.25) is 0 Å². The Morgan fingerprint density at radius 3 is 2.78 bits per heavy atom. The predicted molar refractivity (Wildman–Crippen MR) is 103 cm³/mol. The van der Waals surface area contributed by atoms with Gasteiger partial charge in [0.2, 0.25) is 5.88 Å². The molecule has 1 aliphatic heterocycles. The van der Waals surface area contributed by atoms with Gasteiger partial charge in [-0.15, -0.1) is 0 Å². The Balaban J connectivity index is 2.02. The number of benzene rings is 1. The van der Waals surface area contributed by atoms with E-state index in [2.05, 4.69) is 11.6 Å². The molecule has 1 aromatic carbocycles. The Labute approximate surface area is 158 Å². The van der Waals surface area contributed by atoms with Gasteiger partial charge in [0.05, 0.1) is 19.2 Å². The fourth-order valence-corrected chi connectivity index (χ4v) is 3.38. The van der Waals surface area contributed by atoms with E-state index in [1.54, 1.807) is 31.2 Å². The van der Waals surface area contributed by atoms with Crippen LogP contribution in [-0.4, -0.2) is 60.4 Å². The summed E-state index contributed by atoms with van der Waals surface area (Å²) in [5.41, 5.74) is 1.51. The van der Waals surface area contributed by atoms with Crippen molar-refractivity contribution in [1.29, 1.82) is 0 Å². The highest BCUT2D eigenvalue weighted by molar-refractivity contribution is 5.89. The number of pyridine rings is 1. The van der Waals surface area contributed by atoms with Crippen molar-refractivity contribution in [2.45, 2.75) is 25.5 Å². The number of fused-ring (bicyclic) bond motifs is 1. The van der Waals surface area contributed by atoms with Crippen LogP contribution in [0, 0.1) is 0 Å². The third kappa shape index (κ3) is 3.83. The quantitative estimate of drug-likeness (QED) is 0.800. The van der Waals surface area contributed by atoms with Gasteiger partial charge >= 0.3 is 5.97 Å². The second kappa shape index (κ2) is 7.84. The number of aromatic nitrogens is 1. The van der Waals surface area contributed by atoms with Crippen LogP contribution in [0.25, 0.3) is 17.0 Å². The molecule has 7 heteroatoms. The molecule has 0 radical (unpaired) electrons. The van der Waals surface area contributed by atoms with Crippen molar-refractivity contribution in [2.75, 3.05) is 27.3 Å². The minimum Gasteiger partial charge on any atom is -0.496 e. The van der Waals surface area contributed by atoms with Crippen molar-refractivity contribution in [1.82, 2.24) is 9.88 Å². The van der Waals surface area contributed by atoms with Gasteiger partial charge in [-0.25, -0.2) is 4.98 Å². The van der Waals surface area contributed by atoms with Crippen LogP contribution >= 0.6 is 0 Å². The van der Waals surface area contributed by atoms with E-state index in [1.807, 2.05) is 19.1 Å². The van der Waals surface area contributed by atoms with E-state index in [9.17, 15) is 9.90 Å². The Bertz CT molecular complexity index is 867. The SMILES string of the molecule is C=Cc1cc2c(O[C@@H]3C[C@@H](C(=O)O)N(C)C3)cc(OCC)nc2cc1OC. The van der Waals surface area contributed by atoms with Gasteiger partial charge in [-0.1, -0.05) is 12.7 Å². The summed E-state index contributed by atoms with van der Waals surface area (Å²) in [5, 5.41) is 10.1. The number of hydrogen-bond donors (Lipinski definition) is 1. The number of ether oxygens (including phenoxy) is 3. The molecule has 7 nitrogen and oxygen atoms in total. The number of aliphatic carboxylic acids is 1. The number of rotatable bonds is 7. The van der Waals surface area contributed by atoms with Gasteiger partial charge in [0, 0.05) is 36.0 Å². The van der Waals surface area contributed by atoms with Gasteiger partial charge in [0.15, 0.2) is 0 Å². The van der Waals surface area contributed by atoms with Crippen LogP contribution in [0.15, 0.2) is 24.8 Å². The second-order valence-corrected chi connectivity index (χ2v) is 6.48. The summed E-state index contributed by atoms with van der Waals surface area (Å²) >= 11 is 0. The minimum absolute atomic E-state index is 0.231. The molecule has 0 bridgehead atoms. The lowest BCUT2D eigenvalue weighted by Gasteiger charge is -2.17. The maximum atomic E-state index is 11.4. The average molecular weight is 372 g/mol. The number of hydrogen-bond acceptors (Lipinski definition) is 6.